The summed E-state index contributed by atoms with van der Waals surface area (Å²) in [6, 6.07) is 10.1. The van der Waals surface area contributed by atoms with Gasteiger partial charge in [0.25, 0.3) is 0 Å². The Labute approximate surface area is 194 Å². The van der Waals surface area contributed by atoms with Gasteiger partial charge in [-0.15, -0.1) is 0 Å². The van der Waals surface area contributed by atoms with E-state index in [2.05, 4.69) is 32.5 Å². The number of hydrogen-bond donors (Lipinski definition) is 1. The maximum atomic E-state index is 12.0. The second kappa shape index (κ2) is 10.8. The Hall–Kier alpha value is -3.68. The highest BCUT2D eigenvalue weighted by molar-refractivity contribution is 5.73. The van der Waals surface area contributed by atoms with Gasteiger partial charge in [-0.05, 0) is 32.4 Å². The lowest BCUT2D eigenvalue weighted by atomic mass is 10.1. The number of imidazole rings is 1. The third-order valence-corrected chi connectivity index (χ3v) is 5.22. The van der Waals surface area contributed by atoms with Gasteiger partial charge >= 0.3 is 5.97 Å². The Morgan fingerprint density at radius 2 is 1.97 bits per heavy atom. The van der Waals surface area contributed by atoms with E-state index in [4.69, 9.17) is 4.74 Å². The maximum absolute atomic E-state index is 12.0. The molecule has 0 fully saturated rings. The van der Waals surface area contributed by atoms with Crippen molar-refractivity contribution in [3.63, 3.8) is 0 Å². The molecule has 0 aliphatic rings. The van der Waals surface area contributed by atoms with Crippen LogP contribution in [0, 0.1) is 13.8 Å². The predicted octanol–water partition coefficient (Wildman–Crippen LogP) is 4.49. The van der Waals surface area contributed by atoms with E-state index < -0.39 is 0 Å². The Bertz CT molecular complexity index is 1240. The summed E-state index contributed by atoms with van der Waals surface area (Å²) in [5, 5.41) is 8.07. The molecule has 0 spiro atoms. The molecule has 174 valence electrons. The topological polar surface area (TPSA) is 86.3 Å². The summed E-state index contributed by atoms with van der Waals surface area (Å²) in [4.78, 5) is 21.1. The zero-order chi connectivity index (χ0) is 24.0. The molecule has 4 aromatic rings. The number of aryl methyl sites for hydroxylation is 3. The largest absolute Gasteiger partial charge is 0.466 e. The molecule has 33 heavy (non-hydrogen) atoms. The van der Waals surface area contributed by atoms with Crippen molar-refractivity contribution in [2.75, 3.05) is 11.9 Å². The van der Waals surface area contributed by atoms with Crippen LogP contribution in [-0.4, -0.2) is 36.7 Å². The molecular weight excluding hydrogens is 416 g/mol. The second-order valence-electron chi connectivity index (χ2n) is 7.48. The van der Waals surface area contributed by atoms with Crippen molar-refractivity contribution in [2.45, 2.75) is 47.6 Å². The van der Waals surface area contributed by atoms with Gasteiger partial charge in [-0.2, -0.15) is 9.61 Å². The number of benzene rings is 1. The summed E-state index contributed by atoms with van der Waals surface area (Å²) in [5.41, 5.74) is 5.45. The molecular formula is C25H32N6O2. The molecule has 3 heterocycles. The van der Waals surface area contributed by atoms with Crippen LogP contribution in [0.3, 0.4) is 0 Å². The van der Waals surface area contributed by atoms with E-state index in [0.29, 0.717) is 18.8 Å². The van der Waals surface area contributed by atoms with E-state index in [1.54, 1.807) is 17.6 Å². The molecule has 0 saturated heterocycles. The SMILES string of the molecule is CC.CCOC(=O)Cc1cc(NCc2cccc(-c3nccn3C)c2)n2nc(C)c(C)c2n1. The van der Waals surface area contributed by atoms with Crippen molar-refractivity contribution in [3.8, 4) is 11.4 Å². The van der Waals surface area contributed by atoms with Gasteiger partial charge in [0.2, 0.25) is 0 Å². The van der Waals surface area contributed by atoms with Crippen LogP contribution >= 0.6 is 0 Å². The average Bonchev–Trinajstić information content (AvgIpc) is 3.37. The Kier molecular flexibility index (Phi) is 7.82. The molecule has 0 saturated carbocycles. The average molecular weight is 449 g/mol. The van der Waals surface area contributed by atoms with Crippen molar-refractivity contribution in [2.24, 2.45) is 7.05 Å². The maximum Gasteiger partial charge on any atom is 0.311 e. The monoisotopic (exact) mass is 448 g/mol. The third kappa shape index (κ3) is 5.39. The number of rotatable bonds is 7. The number of nitrogens with zero attached hydrogens (tertiary/aromatic N) is 5. The smallest absolute Gasteiger partial charge is 0.311 e. The molecule has 0 amide bonds. The number of nitrogens with one attached hydrogen (secondary N) is 1. The Balaban J connectivity index is 0.00000149. The highest BCUT2D eigenvalue weighted by Gasteiger charge is 2.15. The molecule has 0 aliphatic carbocycles. The number of esters is 1. The van der Waals surface area contributed by atoms with Gasteiger partial charge < -0.3 is 14.6 Å². The van der Waals surface area contributed by atoms with Gasteiger partial charge in [0, 0.05) is 43.2 Å². The Morgan fingerprint density at radius 1 is 1.18 bits per heavy atom. The number of fused-ring (bicyclic) bond motifs is 1. The highest BCUT2D eigenvalue weighted by Crippen LogP contribution is 2.21. The van der Waals surface area contributed by atoms with E-state index in [9.17, 15) is 4.79 Å². The number of ether oxygens (including phenoxy) is 1. The van der Waals surface area contributed by atoms with Crippen LogP contribution in [0.15, 0.2) is 42.7 Å². The van der Waals surface area contributed by atoms with E-state index in [-0.39, 0.29) is 12.4 Å². The van der Waals surface area contributed by atoms with Crippen molar-refractivity contribution in [1.82, 2.24) is 24.1 Å². The van der Waals surface area contributed by atoms with Crippen LogP contribution in [-0.2, 0) is 29.5 Å². The zero-order valence-electron chi connectivity index (χ0n) is 20.2. The summed E-state index contributed by atoms with van der Waals surface area (Å²) in [6.07, 6.45) is 3.85. The minimum absolute atomic E-state index is 0.122. The van der Waals surface area contributed by atoms with Gasteiger partial charge in [-0.1, -0.05) is 32.0 Å². The molecule has 1 N–H and O–H groups in total. The van der Waals surface area contributed by atoms with Crippen LogP contribution < -0.4 is 5.32 Å². The first-order valence-corrected chi connectivity index (χ1v) is 11.3. The van der Waals surface area contributed by atoms with Crippen molar-refractivity contribution >= 4 is 17.4 Å². The molecule has 0 radical (unpaired) electrons. The van der Waals surface area contributed by atoms with Crippen molar-refractivity contribution < 1.29 is 9.53 Å². The highest BCUT2D eigenvalue weighted by atomic mass is 16.5. The summed E-state index contributed by atoms with van der Waals surface area (Å²) < 4.78 is 8.88. The van der Waals surface area contributed by atoms with Gasteiger partial charge in [-0.3, -0.25) is 4.79 Å². The standard InChI is InChI=1S/C23H26N6O2.C2H6/c1-5-31-21(30)13-19-12-20(29-22(26-19)15(2)16(3)27-29)25-14-17-7-6-8-18(11-17)23-24-9-10-28(23)4;1-2/h6-12,25H,5,13-14H2,1-4H3;1-2H3. The van der Waals surface area contributed by atoms with Crippen LogP contribution in [0.2, 0.25) is 0 Å². The normalized spacial score (nSPS) is 10.6. The molecule has 8 heteroatoms. The minimum Gasteiger partial charge on any atom is -0.466 e. The fraction of sp³-hybridized carbons (Fsp3) is 0.360. The zero-order valence-corrected chi connectivity index (χ0v) is 20.2. The van der Waals surface area contributed by atoms with Crippen molar-refractivity contribution in [3.05, 3.63) is 65.2 Å². The second-order valence-corrected chi connectivity index (χ2v) is 7.48. The Morgan fingerprint density at radius 3 is 2.67 bits per heavy atom. The van der Waals surface area contributed by atoms with Gasteiger partial charge in [0.15, 0.2) is 5.65 Å². The quantitative estimate of drug-likeness (QED) is 0.419. The molecule has 0 atom stereocenters. The molecule has 1 aromatic carbocycles. The first-order chi connectivity index (χ1) is 16.0. The van der Waals surface area contributed by atoms with Crippen molar-refractivity contribution in [1.29, 1.82) is 0 Å². The van der Waals surface area contributed by atoms with Gasteiger partial charge in [0.05, 0.1) is 24.4 Å². The van der Waals surface area contributed by atoms with E-state index in [1.165, 1.54) is 0 Å². The summed E-state index contributed by atoms with van der Waals surface area (Å²) in [7, 11) is 1.98. The lowest BCUT2D eigenvalue weighted by Gasteiger charge is -2.12. The number of aromatic nitrogens is 5. The number of hydrogen-bond acceptors (Lipinski definition) is 6. The third-order valence-electron chi connectivity index (χ3n) is 5.22. The summed E-state index contributed by atoms with van der Waals surface area (Å²) in [5.74, 6) is 1.41. The van der Waals surface area contributed by atoms with E-state index >= 15 is 0 Å². The molecule has 0 bridgehead atoms. The fourth-order valence-electron chi connectivity index (χ4n) is 3.51. The first-order valence-electron chi connectivity index (χ1n) is 11.3. The van der Waals surface area contributed by atoms with Gasteiger partial charge in [0.1, 0.15) is 11.6 Å². The molecule has 0 aliphatic heterocycles. The van der Waals surface area contributed by atoms with Gasteiger partial charge in [-0.25, -0.2) is 9.97 Å². The number of carbonyl (C=O) groups excluding carboxylic acids is 1. The molecule has 0 unspecified atom stereocenters. The summed E-state index contributed by atoms with van der Waals surface area (Å²) >= 11 is 0. The predicted molar refractivity (Wildman–Crippen MR) is 130 cm³/mol. The summed E-state index contributed by atoms with van der Waals surface area (Å²) in [6.45, 7) is 10.7. The number of carbonyl (C=O) groups is 1. The minimum atomic E-state index is -0.290. The first kappa shape index (κ1) is 24.0. The van der Waals surface area contributed by atoms with Crippen LogP contribution in [0.1, 0.15) is 43.3 Å². The number of anilines is 1. The molecule has 3 aromatic heterocycles. The molecule has 4 rings (SSSR count). The molecule has 8 nitrogen and oxygen atoms in total. The van der Waals surface area contributed by atoms with E-state index in [0.717, 1.165) is 39.7 Å². The van der Waals surface area contributed by atoms with E-state index in [1.807, 2.05) is 63.7 Å². The van der Waals surface area contributed by atoms with Crippen LogP contribution in [0.4, 0.5) is 5.82 Å². The van der Waals surface area contributed by atoms with Crippen LogP contribution in [0.5, 0.6) is 0 Å². The lowest BCUT2D eigenvalue weighted by Crippen LogP contribution is -2.12. The fourth-order valence-corrected chi connectivity index (χ4v) is 3.51. The van der Waals surface area contributed by atoms with Crippen LogP contribution in [0.25, 0.3) is 17.0 Å². The lowest BCUT2D eigenvalue weighted by molar-refractivity contribution is -0.142.